The predicted molar refractivity (Wildman–Crippen MR) is 67.6 cm³/mol. The molecule has 0 amide bonds. The average Bonchev–Trinajstić information content (AvgIpc) is 2.81. The van der Waals surface area contributed by atoms with Gasteiger partial charge in [-0.3, -0.25) is 4.68 Å². The lowest BCUT2D eigenvalue weighted by atomic mass is 10.2. The number of hydrogen-bond donors (Lipinski definition) is 1. The summed E-state index contributed by atoms with van der Waals surface area (Å²) < 4.78 is 1.80. The molecule has 0 radical (unpaired) electrons. The van der Waals surface area contributed by atoms with Gasteiger partial charge in [-0.25, -0.2) is 4.98 Å². The third-order valence-corrected chi connectivity index (χ3v) is 2.66. The third-order valence-electron chi connectivity index (χ3n) is 2.66. The second-order valence-electron chi connectivity index (χ2n) is 4.07. The Bertz CT molecular complexity index is 553. The Kier molecular flexibility index (Phi) is 4.05. The van der Waals surface area contributed by atoms with Crippen molar-refractivity contribution >= 4 is 0 Å². The van der Waals surface area contributed by atoms with Crippen LogP contribution in [0.15, 0.2) is 30.7 Å². The minimum atomic E-state index is 0.492. The summed E-state index contributed by atoms with van der Waals surface area (Å²) in [7, 11) is 1.91. The van der Waals surface area contributed by atoms with Crippen LogP contribution < -0.4 is 5.32 Å². The number of nitriles is 1. The molecule has 0 unspecified atom stereocenters. The average molecular weight is 241 g/mol. The van der Waals surface area contributed by atoms with Gasteiger partial charge >= 0.3 is 0 Å². The molecule has 5 nitrogen and oxygen atoms in total. The Balaban J connectivity index is 1.80. The van der Waals surface area contributed by atoms with Crippen LogP contribution in [0.5, 0.6) is 0 Å². The Morgan fingerprint density at radius 3 is 3.11 bits per heavy atom. The molecule has 0 aliphatic heterocycles. The maximum atomic E-state index is 8.90. The van der Waals surface area contributed by atoms with E-state index in [1.54, 1.807) is 10.9 Å². The fourth-order valence-corrected chi connectivity index (χ4v) is 1.74. The summed E-state index contributed by atoms with van der Waals surface area (Å²) >= 11 is 0. The third kappa shape index (κ3) is 3.15. The first-order valence-corrected chi connectivity index (χ1v) is 5.82. The molecule has 2 heterocycles. The van der Waals surface area contributed by atoms with Crippen molar-refractivity contribution in [3.63, 3.8) is 0 Å². The van der Waals surface area contributed by atoms with Crippen LogP contribution in [-0.4, -0.2) is 21.3 Å². The first kappa shape index (κ1) is 12.3. The van der Waals surface area contributed by atoms with Gasteiger partial charge in [-0.05, 0) is 24.6 Å². The van der Waals surface area contributed by atoms with Crippen LogP contribution in [0, 0.1) is 11.3 Å². The van der Waals surface area contributed by atoms with Crippen molar-refractivity contribution in [1.82, 2.24) is 20.1 Å². The van der Waals surface area contributed by atoms with Crippen LogP contribution in [0.1, 0.15) is 16.8 Å². The Hall–Kier alpha value is -2.19. The summed E-state index contributed by atoms with van der Waals surface area (Å²) in [5.41, 5.74) is 2.63. The van der Waals surface area contributed by atoms with Gasteiger partial charge in [-0.15, -0.1) is 0 Å². The number of rotatable bonds is 5. The van der Waals surface area contributed by atoms with E-state index < -0.39 is 0 Å². The number of aromatic nitrogens is 3. The highest BCUT2D eigenvalue weighted by Crippen LogP contribution is 2.03. The fraction of sp³-hybridized carbons (Fsp3) is 0.308. The lowest BCUT2D eigenvalue weighted by Crippen LogP contribution is -2.17. The van der Waals surface area contributed by atoms with E-state index in [4.69, 9.17) is 5.26 Å². The zero-order valence-corrected chi connectivity index (χ0v) is 10.3. The standard InChI is InChI=1S/C13H15N5/c1-18-10-11(8-17-18)4-6-15-9-12-3-2-5-16-13(12)7-14/h2-3,5,8,10,15H,4,6,9H2,1H3. The summed E-state index contributed by atoms with van der Waals surface area (Å²) in [6, 6.07) is 5.86. The van der Waals surface area contributed by atoms with E-state index in [9.17, 15) is 0 Å². The number of nitrogens with one attached hydrogen (secondary N) is 1. The second kappa shape index (κ2) is 5.94. The van der Waals surface area contributed by atoms with E-state index in [1.165, 1.54) is 5.56 Å². The zero-order valence-electron chi connectivity index (χ0n) is 10.3. The molecule has 2 rings (SSSR count). The van der Waals surface area contributed by atoms with Gasteiger partial charge < -0.3 is 5.32 Å². The highest BCUT2D eigenvalue weighted by Gasteiger charge is 2.01. The SMILES string of the molecule is Cn1cc(CCNCc2cccnc2C#N)cn1. The second-order valence-corrected chi connectivity index (χ2v) is 4.07. The van der Waals surface area contributed by atoms with Gasteiger partial charge in [0.15, 0.2) is 0 Å². The van der Waals surface area contributed by atoms with E-state index >= 15 is 0 Å². The van der Waals surface area contributed by atoms with Crippen molar-refractivity contribution in [1.29, 1.82) is 5.26 Å². The minimum Gasteiger partial charge on any atom is -0.312 e. The van der Waals surface area contributed by atoms with Crippen LogP contribution in [0.3, 0.4) is 0 Å². The Morgan fingerprint density at radius 1 is 1.50 bits per heavy atom. The molecule has 92 valence electrons. The number of nitrogens with zero attached hydrogens (tertiary/aromatic N) is 4. The van der Waals surface area contributed by atoms with Gasteiger partial charge in [0, 0.05) is 31.5 Å². The zero-order chi connectivity index (χ0) is 12.8. The molecule has 5 heteroatoms. The van der Waals surface area contributed by atoms with Crippen molar-refractivity contribution in [2.24, 2.45) is 7.05 Å². The van der Waals surface area contributed by atoms with E-state index in [2.05, 4.69) is 21.5 Å². The summed E-state index contributed by atoms with van der Waals surface area (Å²) in [5, 5.41) is 16.3. The molecule has 0 aliphatic carbocycles. The molecular weight excluding hydrogens is 226 g/mol. The molecule has 1 N–H and O–H groups in total. The molecule has 2 aromatic rings. The molecule has 0 spiro atoms. The summed E-state index contributed by atoms with van der Waals surface area (Å²) in [5.74, 6) is 0. The van der Waals surface area contributed by atoms with E-state index in [0.29, 0.717) is 12.2 Å². The molecule has 0 saturated carbocycles. The monoisotopic (exact) mass is 241 g/mol. The number of hydrogen-bond acceptors (Lipinski definition) is 4. The van der Waals surface area contributed by atoms with Gasteiger partial charge in [0.1, 0.15) is 11.8 Å². The van der Waals surface area contributed by atoms with Gasteiger partial charge in [-0.1, -0.05) is 6.07 Å². The first-order valence-electron chi connectivity index (χ1n) is 5.82. The minimum absolute atomic E-state index is 0.492. The number of aryl methyl sites for hydroxylation is 1. The Labute approximate surface area is 106 Å². The molecule has 0 bridgehead atoms. The highest BCUT2D eigenvalue weighted by molar-refractivity contribution is 5.30. The lowest BCUT2D eigenvalue weighted by Gasteiger charge is -2.04. The van der Waals surface area contributed by atoms with E-state index in [1.807, 2.05) is 31.6 Å². The van der Waals surface area contributed by atoms with Crippen molar-refractivity contribution in [3.05, 3.63) is 47.5 Å². The summed E-state index contributed by atoms with van der Waals surface area (Å²) in [4.78, 5) is 4.02. The topological polar surface area (TPSA) is 66.5 Å². The Morgan fingerprint density at radius 2 is 2.39 bits per heavy atom. The first-order chi connectivity index (χ1) is 8.79. The van der Waals surface area contributed by atoms with E-state index in [0.717, 1.165) is 18.5 Å². The number of pyridine rings is 1. The molecule has 0 saturated heterocycles. The van der Waals surface area contributed by atoms with Crippen LogP contribution in [0.25, 0.3) is 0 Å². The predicted octanol–water partition coefficient (Wildman–Crippen LogP) is 1.02. The molecule has 0 aliphatic rings. The largest absolute Gasteiger partial charge is 0.312 e. The highest BCUT2D eigenvalue weighted by atomic mass is 15.2. The molecule has 0 fully saturated rings. The molecule has 0 atom stereocenters. The normalized spacial score (nSPS) is 10.2. The lowest BCUT2D eigenvalue weighted by molar-refractivity contribution is 0.683. The molecule has 2 aromatic heterocycles. The molecule has 18 heavy (non-hydrogen) atoms. The van der Waals surface area contributed by atoms with Crippen LogP contribution in [-0.2, 0) is 20.0 Å². The van der Waals surface area contributed by atoms with Crippen LogP contribution in [0.4, 0.5) is 0 Å². The van der Waals surface area contributed by atoms with E-state index in [-0.39, 0.29) is 0 Å². The maximum Gasteiger partial charge on any atom is 0.144 e. The summed E-state index contributed by atoms with van der Waals surface area (Å²) in [6.45, 7) is 1.52. The smallest absolute Gasteiger partial charge is 0.144 e. The van der Waals surface area contributed by atoms with Crippen molar-refractivity contribution in [2.75, 3.05) is 6.54 Å². The summed E-state index contributed by atoms with van der Waals surface area (Å²) in [6.07, 6.45) is 6.44. The van der Waals surface area contributed by atoms with Crippen molar-refractivity contribution in [2.45, 2.75) is 13.0 Å². The van der Waals surface area contributed by atoms with Crippen LogP contribution in [0.2, 0.25) is 0 Å². The van der Waals surface area contributed by atoms with Gasteiger partial charge in [0.2, 0.25) is 0 Å². The molecular formula is C13H15N5. The van der Waals surface area contributed by atoms with Gasteiger partial charge in [-0.2, -0.15) is 10.4 Å². The van der Waals surface area contributed by atoms with Crippen molar-refractivity contribution < 1.29 is 0 Å². The quantitative estimate of drug-likeness (QED) is 0.794. The maximum absolute atomic E-state index is 8.90. The van der Waals surface area contributed by atoms with Crippen LogP contribution >= 0.6 is 0 Å². The molecule has 0 aromatic carbocycles. The van der Waals surface area contributed by atoms with Gasteiger partial charge in [0.25, 0.3) is 0 Å². The van der Waals surface area contributed by atoms with Gasteiger partial charge in [0.05, 0.1) is 6.20 Å². The van der Waals surface area contributed by atoms with Crippen molar-refractivity contribution in [3.8, 4) is 6.07 Å². The fourth-order valence-electron chi connectivity index (χ4n) is 1.74.